The summed E-state index contributed by atoms with van der Waals surface area (Å²) in [5.41, 5.74) is 0. The van der Waals surface area contributed by atoms with E-state index in [1.807, 2.05) is 21.1 Å². The molecule has 0 radical (unpaired) electrons. The topological polar surface area (TPSA) is 108 Å². The lowest BCUT2D eigenvalue weighted by atomic mass is 10.0. The summed E-state index contributed by atoms with van der Waals surface area (Å²) in [7, 11) is 1.28. The van der Waals surface area contributed by atoms with Gasteiger partial charge in [0.05, 0.1) is 39.9 Å². The van der Waals surface area contributed by atoms with Crippen LogP contribution in [0.1, 0.15) is 162 Å². The molecule has 3 atom stereocenters. The molecule has 278 valence electrons. The molecule has 0 saturated heterocycles. The van der Waals surface area contributed by atoms with Crippen LogP contribution in [-0.2, 0) is 18.4 Å². The van der Waals surface area contributed by atoms with Gasteiger partial charge in [0.15, 0.2) is 0 Å². The Morgan fingerprint density at radius 3 is 1.68 bits per heavy atom. The van der Waals surface area contributed by atoms with E-state index in [1.165, 1.54) is 77.0 Å². The van der Waals surface area contributed by atoms with E-state index in [1.54, 1.807) is 0 Å². The Morgan fingerprint density at radius 2 is 1.17 bits per heavy atom. The molecule has 1 amide bonds. The van der Waals surface area contributed by atoms with E-state index in [0.29, 0.717) is 23.9 Å². The molecule has 0 aromatic rings. The molecule has 0 bridgehead atoms. The van der Waals surface area contributed by atoms with Gasteiger partial charge in [-0.3, -0.25) is 9.36 Å². The van der Waals surface area contributed by atoms with Gasteiger partial charge >= 0.3 is 0 Å². The minimum absolute atomic E-state index is 0.00552. The molecule has 0 aliphatic heterocycles. The van der Waals surface area contributed by atoms with E-state index in [-0.39, 0.29) is 19.1 Å². The van der Waals surface area contributed by atoms with Crippen LogP contribution in [0.4, 0.5) is 0 Å². The zero-order valence-electron chi connectivity index (χ0n) is 31.2. The van der Waals surface area contributed by atoms with E-state index < -0.39 is 20.0 Å². The van der Waals surface area contributed by atoms with Crippen molar-refractivity contribution in [2.75, 3.05) is 40.9 Å². The minimum atomic E-state index is -4.56. The molecule has 0 aromatic heterocycles. The number of phosphoric acid groups is 1. The molecular formula is C38H75N2O6P. The lowest BCUT2D eigenvalue weighted by molar-refractivity contribution is -0.870. The van der Waals surface area contributed by atoms with Crippen LogP contribution < -0.4 is 10.2 Å². The summed E-state index contributed by atoms with van der Waals surface area (Å²) < 4.78 is 23.1. The van der Waals surface area contributed by atoms with Gasteiger partial charge in [0.25, 0.3) is 7.82 Å². The third kappa shape index (κ3) is 33.3. The Morgan fingerprint density at radius 1 is 0.723 bits per heavy atom. The Balaban J connectivity index is 4.53. The van der Waals surface area contributed by atoms with Gasteiger partial charge in [-0.1, -0.05) is 115 Å². The summed E-state index contributed by atoms with van der Waals surface area (Å²) in [5.74, 6) is -0.187. The maximum Gasteiger partial charge on any atom is 0.268 e. The second-order valence-corrected chi connectivity index (χ2v) is 15.7. The van der Waals surface area contributed by atoms with E-state index in [2.05, 4.69) is 43.5 Å². The number of allylic oxidation sites excluding steroid dienone is 4. The maximum absolute atomic E-state index is 12.8. The molecule has 0 saturated carbocycles. The molecule has 9 heteroatoms. The number of unbranched alkanes of at least 4 members (excludes halogenated alkanes) is 17. The summed E-state index contributed by atoms with van der Waals surface area (Å²) in [5, 5.41) is 13.8. The fraction of sp³-hybridized carbons (Fsp3) is 0.868. The van der Waals surface area contributed by atoms with Crippen molar-refractivity contribution >= 4 is 13.7 Å². The monoisotopic (exact) mass is 687 g/mol. The van der Waals surface area contributed by atoms with Crippen LogP contribution in [0.3, 0.4) is 0 Å². The highest BCUT2D eigenvalue weighted by Crippen LogP contribution is 2.38. The highest BCUT2D eigenvalue weighted by atomic mass is 31.2. The fourth-order valence-electron chi connectivity index (χ4n) is 5.26. The number of likely N-dealkylation sites (N-methyl/N-ethyl adjacent to an activating group) is 1. The molecule has 0 heterocycles. The van der Waals surface area contributed by atoms with Crippen LogP contribution >= 0.6 is 7.82 Å². The van der Waals surface area contributed by atoms with Crippen molar-refractivity contribution in [3.8, 4) is 0 Å². The van der Waals surface area contributed by atoms with Crippen LogP contribution in [0.5, 0.6) is 0 Å². The molecule has 2 N–H and O–H groups in total. The largest absolute Gasteiger partial charge is 0.756 e. The zero-order valence-corrected chi connectivity index (χ0v) is 32.1. The number of carbonyl (C=O) groups excluding carboxylic acids is 1. The van der Waals surface area contributed by atoms with Crippen LogP contribution in [0.15, 0.2) is 24.3 Å². The Hall–Kier alpha value is -1.02. The highest BCUT2D eigenvalue weighted by molar-refractivity contribution is 7.45. The lowest BCUT2D eigenvalue weighted by Gasteiger charge is -2.30. The maximum atomic E-state index is 12.8. The van der Waals surface area contributed by atoms with E-state index in [9.17, 15) is 19.4 Å². The number of aliphatic hydroxyl groups excluding tert-OH is 1. The molecule has 0 aliphatic carbocycles. The van der Waals surface area contributed by atoms with E-state index in [0.717, 1.165) is 57.8 Å². The first-order valence-electron chi connectivity index (χ1n) is 19.2. The van der Waals surface area contributed by atoms with Gasteiger partial charge in [-0.05, 0) is 64.2 Å². The molecule has 1 unspecified atom stereocenters. The number of hydrogen-bond donors (Lipinski definition) is 2. The van der Waals surface area contributed by atoms with Crippen molar-refractivity contribution in [2.45, 2.75) is 174 Å². The normalized spacial score (nSPS) is 15.0. The van der Waals surface area contributed by atoms with Gasteiger partial charge in [-0.25, -0.2) is 0 Å². The molecule has 0 aliphatic rings. The standard InChI is InChI=1S/C38H75N2O6P/c1-6-8-10-12-14-16-18-20-22-24-26-28-30-32-38(42)39-36(35-46-47(43,44)45-34-33-40(3,4)5)37(41)31-29-27-25-23-21-19-17-15-13-11-9-7-2/h16,18,21,23,36-37,41H,6-15,17,19-20,22,24-35H2,1-5H3,(H-,39,42,43,44)/b18-16+,23-21+/t36-,37+/m0/s1. The average molecular weight is 687 g/mol. The van der Waals surface area contributed by atoms with Gasteiger partial charge in [0.1, 0.15) is 13.2 Å². The van der Waals surface area contributed by atoms with Gasteiger partial charge in [-0.2, -0.15) is 0 Å². The second-order valence-electron chi connectivity index (χ2n) is 14.3. The molecule has 47 heavy (non-hydrogen) atoms. The number of aliphatic hydroxyl groups is 1. The number of carbonyl (C=O) groups is 1. The van der Waals surface area contributed by atoms with Crippen LogP contribution in [0.2, 0.25) is 0 Å². The van der Waals surface area contributed by atoms with Gasteiger partial charge in [0.2, 0.25) is 5.91 Å². The third-order valence-electron chi connectivity index (χ3n) is 8.41. The molecular weight excluding hydrogens is 611 g/mol. The predicted octanol–water partition coefficient (Wildman–Crippen LogP) is 9.16. The summed E-state index contributed by atoms with van der Waals surface area (Å²) in [6, 6.07) is -0.816. The molecule has 0 fully saturated rings. The van der Waals surface area contributed by atoms with Crippen molar-refractivity contribution in [2.24, 2.45) is 0 Å². The summed E-state index contributed by atoms with van der Waals surface area (Å²) in [6.07, 6.45) is 33.2. The highest BCUT2D eigenvalue weighted by Gasteiger charge is 2.24. The summed E-state index contributed by atoms with van der Waals surface area (Å²) in [6.45, 7) is 4.64. The molecule has 0 spiro atoms. The number of hydrogen-bond acceptors (Lipinski definition) is 6. The smallest absolute Gasteiger partial charge is 0.268 e. The molecule has 0 aromatic carbocycles. The van der Waals surface area contributed by atoms with Crippen molar-refractivity contribution in [1.82, 2.24) is 5.32 Å². The van der Waals surface area contributed by atoms with E-state index >= 15 is 0 Å². The predicted molar refractivity (Wildman–Crippen MR) is 196 cm³/mol. The lowest BCUT2D eigenvalue weighted by Crippen LogP contribution is -2.46. The Labute approximate surface area is 290 Å². The zero-order chi connectivity index (χ0) is 35.1. The van der Waals surface area contributed by atoms with Crippen molar-refractivity contribution in [3.05, 3.63) is 24.3 Å². The van der Waals surface area contributed by atoms with Gasteiger partial charge < -0.3 is 28.8 Å². The van der Waals surface area contributed by atoms with Crippen LogP contribution in [0, 0.1) is 0 Å². The Bertz CT molecular complexity index is 829. The Kier molecular flexibility index (Phi) is 30.3. The number of nitrogens with one attached hydrogen (secondary N) is 1. The number of amides is 1. The second kappa shape index (κ2) is 31.0. The van der Waals surface area contributed by atoms with Crippen molar-refractivity contribution in [1.29, 1.82) is 0 Å². The van der Waals surface area contributed by atoms with Crippen molar-refractivity contribution in [3.63, 3.8) is 0 Å². The number of nitrogens with zero attached hydrogens (tertiary/aromatic N) is 1. The first-order valence-corrected chi connectivity index (χ1v) is 20.6. The van der Waals surface area contributed by atoms with Gasteiger partial charge in [-0.15, -0.1) is 0 Å². The molecule has 0 rings (SSSR count). The average Bonchev–Trinajstić information content (AvgIpc) is 3.01. The van der Waals surface area contributed by atoms with Gasteiger partial charge in [0, 0.05) is 6.42 Å². The van der Waals surface area contributed by atoms with Crippen LogP contribution in [0.25, 0.3) is 0 Å². The summed E-state index contributed by atoms with van der Waals surface area (Å²) >= 11 is 0. The summed E-state index contributed by atoms with van der Waals surface area (Å²) in [4.78, 5) is 25.1. The minimum Gasteiger partial charge on any atom is -0.756 e. The quantitative estimate of drug-likeness (QED) is 0.0303. The fourth-order valence-corrected chi connectivity index (χ4v) is 5.98. The number of phosphoric ester groups is 1. The molecule has 8 nitrogen and oxygen atoms in total. The number of rotatable bonds is 34. The van der Waals surface area contributed by atoms with Crippen molar-refractivity contribution < 1.29 is 32.9 Å². The first-order chi connectivity index (χ1) is 22.5. The SMILES string of the molecule is CCCCCC/C=C/CCCCCCCC(=O)N[C@@H](COP(=O)([O-])OCC[N+](C)(C)C)[C@H](O)CCCC/C=C/CCCCCCCC. The van der Waals surface area contributed by atoms with E-state index in [4.69, 9.17) is 9.05 Å². The third-order valence-corrected chi connectivity index (χ3v) is 9.38. The first kappa shape index (κ1) is 46.0. The van der Waals surface area contributed by atoms with Crippen LogP contribution in [-0.4, -0.2) is 68.5 Å². The number of quaternary nitrogens is 1.